The standard InChI is InChI=1S/C19H18N4/c1-13(20)11-23-12-18(21-22-23)19-16-8-4-2-6-14(16)10-15-7-3-5-9-17(15)19/h2-10,12-13H,11,20H2,1H3. The highest BCUT2D eigenvalue weighted by molar-refractivity contribution is 6.11. The van der Waals surface area contributed by atoms with Crippen molar-refractivity contribution in [2.24, 2.45) is 5.73 Å². The molecule has 1 atom stereocenters. The van der Waals surface area contributed by atoms with Gasteiger partial charge in [-0.3, -0.25) is 4.68 Å². The zero-order valence-electron chi connectivity index (χ0n) is 13.0. The van der Waals surface area contributed by atoms with Crippen LogP contribution in [0.5, 0.6) is 0 Å². The van der Waals surface area contributed by atoms with E-state index in [1.165, 1.54) is 21.5 Å². The van der Waals surface area contributed by atoms with Crippen LogP contribution in [0.2, 0.25) is 0 Å². The van der Waals surface area contributed by atoms with Gasteiger partial charge < -0.3 is 5.73 Å². The Morgan fingerprint density at radius 2 is 1.61 bits per heavy atom. The maximum Gasteiger partial charge on any atom is 0.114 e. The molecule has 114 valence electrons. The molecule has 0 radical (unpaired) electrons. The highest BCUT2D eigenvalue weighted by Crippen LogP contribution is 2.35. The molecule has 0 fully saturated rings. The summed E-state index contributed by atoms with van der Waals surface area (Å²) in [5.41, 5.74) is 7.89. The average molecular weight is 302 g/mol. The van der Waals surface area contributed by atoms with Gasteiger partial charge in [0.25, 0.3) is 0 Å². The van der Waals surface area contributed by atoms with Crippen molar-refractivity contribution in [1.82, 2.24) is 15.0 Å². The first-order valence-electron chi connectivity index (χ1n) is 7.79. The SMILES string of the molecule is CC(N)Cn1cc(-c2c3ccccc3cc3ccccc23)nn1. The molecule has 0 aliphatic rings. The molecule has 0 saturated carbocycles. The summed E-state index contributed by atoms with van der Waals surface area (Å²) in [6.07, 6.45) is 1.98. The monoisotopic (exact) mass is 302 g/mol. The molecule has 4 heteroatoms. The predicted molar refractivity (Wildman–Crippen MR) is 94.1 cm³/mol. The number of nitrogens with two attached hydrogens (primary N) is 1. The summed E-state index contributed by atoms with van der Waals surface area (Å²) in [6, 6.07) is 19.1. The van der Waals surface area contributed by atoms with Crippen LogP contribution in [0.1, 0.15) is 6.92 Å². The second-order valence-electron chi connectivity index (χ2n) is 6.00. The lowest BCUT2D eigenvalue weighted by atomic mass is 9.95. The van der Waals surface area contributed by atoms with Crippen LogP contribution >= 0.6 is 0 Å². The summed E-state index contributed by atoms with van der Waals surface area (Å²) in [5, 5.41) is 13.4. The van der Waals surface area contributed by atoms with Gasteiger partial charge in [0.15, 0.2) is 0 Å². The third kappa shape index (κ3) is 2.47. The molecule has 1 aromatic heterocycles. The van der Waals surface area contributed by atoms with Crippen LogP contribution in [-0.2, 0) is 6.54 Å². The minimum Gasteiger partial charge on any atom is -0.326 e. The number of hydrogen-bond donors (Lipinski definition) is 1. The van der Waals surface area contributed by atoms with Crippen molar-refractivity contribution in [2.75, 3.05) is 0 Å². The summed E-state index contributed by atoms with van der Waals surface area (Å²) < 4.78 is 1.82. The van der Waals surface area contributed by atoms with E-state index in [1.807, 2.05) is 17.8 Å². The third-order valence-electron chi connectivity index (χ3n) is 4.04. The van der Waals surface area contributed by atoms with E-state index in [2.05, 4.69) is 64.9 Å². The molecule has 2 N–H and O–H groups in total. The minimum absolute atomic E-state index is 0.0498. The van der Waals surface area contributed by atoms with Gasteiger partial charge in [-0.15, -0.1) is 5.10 Å². The smallest absolute Gasteiger partial charge is 0.114 e. The van der Waals surface area contributed by atoms with Crippen molar-refractivity contribution < 1.29 is 0 Å². The van der Waals surface area contributed by atoms with Gasteiger partial charge in [-0.2, -0.15) is 0 Å². The van der Waals surface area contributed by atoms with E-state index in [4.69, 9.17) is 5.73 Å². The molecular weight excluding hydrogens is 284 g/mol. The Morgan fingerprint density at radius 1 is 1.00 bits per heavy atom. The Bertz CT molecular complexity index is 931. The van der Waals surface area contributed by atoms with E-state index >= 15 is 0 Å². The molecule has 0 bridgehead atoms. The zero-order chi connectivity index (χ0) is 15.8. The topological polar surface area (TPSA) is 56.7 Å². The maximum absolute atomic E-state index is 5.86. The Kier molecular flexibility index (Phi) is 3.32. The number of hydrogen-bond acceptors (Lipinski definition) is 3. The van der Waals surface area contributed by atoms with Crippen molar-refractivity contribution in [3.63, 3.8) is 0 Å². The lowest BCUT2D eigenvalue weighted by Gasteiger charge is -2.09. The van der Waals surface area contributed by atoms with Crippen LogP contribution < -0.4 is 5.73 Å². The van der Waals surface area contributed by atoms with Gasteiger partial charge in [-0.1, -0.05) is 53.7 Å². The van der Waals surface area contributed by atoms with Gasteiger partial charge in [0.1, 0.15) is 5.69 Å². The highest BCUT2D eigenvalue weighted by Gasteiger charge is 2.13. The molecule has 0 aliphatic heterocycles. The second-order valence-corrected chi connectivity index (χ2v) is 6.00. The largest absolute Gasteiger partial charge is 0.326 e. The summed E-state index contributed by atoms with van der Waals surface area (Å²) in [7, 11) is 0. The lowest BCUT2D eigenvalue weighted by Crippen LogP contribution is -2.22. The van der Waals surface area contributed by atoms with E-state index in [1.54, 1.807) is 0 Å². The predicted octanol–water partition coefficient (Wildman–Crippen LogP) is 3.60. The molecule has 1 heterocycles. The average Bonchev–Trinajstić information content (AvgIpc) is 2.99. The van der Waals surface area contributed by atoms with E-state index < -0.39 is 0 Å². The van der Waals surface area contributed by atoms with Crippen LogP contribution in [0.15, 0.2) is 60.8 Å². The molecule has 4 nitrogen and oxygen atoms in total. The fraction of sp³-hybridized carbons (Fsp3) is 0.158. The molecular formula is C19H18N4. The first-order valence-corrected chi connectivity index (χ1v) is 7.79. The molecule has 4 aromatic rings. The van der Waals surface area contributed by atoms with Gasteiger partial charge in [0.05, 0.1) is 12.7 Å². The Hall–Kier alpha value is -2.72. The van der Waals surface area contributed by atoms with E-state index in [-0.39, 0.29) is 6.04 Å². The van der Waals surface area contributed by atoms with Crippen LogP contribution in [-0.4, -0.2) is 21.0 Å². The number of nitrogens with zero attached hydrogens (tertiary/aromatic N) is 3. The van der Waals surface area contributed by atoms with Crippen molar-refractivity contribution in [3.05, 3.63) is 60.8 Å². The number of aromatic nitrogens is 3. The van der Waals surface area contributed by atoms with Crippen LogP contribution in [0.25, 0.3) is 32.8 Å². The Labute approximate surface area is 134 Å². The van der Waals surface area contributed by atoms with Gasteiger partial charge in [-0.25, -0.2) is 0 Å². The fourth-order valence-electron chi connectivity index (χ4n) is 3.09. The summed E-state index contributed by atoms with van der Waals surface area (Å²) in [4.78, 5) is 0. The first kappa shape index (κ1) is 13.9. The van der Waals surface area contributed by atoms with Crippen molar-refractivity contribution in [3.8, 4) is 11.3 Å². The molecule has 0 amide bonds. The normalized spacial score (nSPS) is 12.8. The molecule has 1 unspecified atom stereocenters. The maximum atomic E-state index is 5.86. The Balaban J connectivity index is 2.01. The Morgan fingerprint density at radius 3 is 2.22 bits per heavy atom. The third-order valence-corrected chi connectivity index (χ3v) is 4.04. The highest BCUT2D eigenvalue weighted by atomic mass is 15.4. The summed E-state index contributed by atoms with van der Waals surface area (Å²) >= 11 is 0. The molecule has 0 spiro atoms. The van der Waals surface area contributed by atoms with Crippen LogP contribution in [0, 0.1) is 0 Å². The molecule has 0 saturated heterocycles. The molecule has 0 aliphatic carbocycles. The lowest BCUT2D eigenvalue weighted by molar-refractivity contribution is 0.523. The molecule has 23 heavy (non-hydrogen) atoms. The quantitative estimate of drug-likeness (QED) is 0.588. The summed E-state index contributed by atoms with van der Waals surface area (Å²) in [5.74, 6) is 0. The second kappa shape index (κ2) is 5.48. The van der Waals surface area contributed by atoms with E-state index in [9.17, 15) is 0 Å². The van der Waals surface area contributed by atoms with Crippen molar-refractivity contribution in [2.45, 2.75) is 19.5 Å². The molecule has 4 rings (SSSR count). The van der Waals surface area contributed by atoms with E-state index in [0.29, 0.717) is 6.54 Å². The van der Waals surface area contributed by atoms with Crippen LogP contribution in [0.4, 0.5) is 0 Å². The van der Waals surface area contributed by atoms with Crippen molar-refractivity contribution >= 4 is 21.5 Å². The van der Waals surface area contributed by atoms with Gasteiger partial charge >= 0.3 is 0 Å². The van der Waals surface area contributed by atoms with Gasteiger partial charge in [-0.05, 0) is 34.5 Å². The van der Waals surface area contributed by atoms with Gasteiger partial charge in [0.2, 0.25) is 0 Å². The summed E-state index contributed by atoms with van der Waals surface area (Å²) in [6.45, 7) is 2.63. The first-order chi connectivity index (χ1) is 11.2. The minimum atomic E-state index is 0.0498. The fourth-order valence-corrected chi connectivity index (χ4v) is 3.09. The zero-order valence-corrected chi connectivity index (χ0v) is 13.0. The number of rotatable bonds is 3. The molecule has 3 aromatic carbocycles. The van der Waals surface area contributed by atoms with Gasteiger partial charge in [0, 0.05) is 11.6 Å². The number of benzene rings is 3. The van der Waals surface area contributed by atoms with E-state index in [0.717, 1.165) is 11.3 Å². The van der Waals surface area contributed by atoms with Crippen LogP contribution in [0.3, 0.4) is 0 Å². The van der Waals surface area contributed by atoms with Crippen molar-refractivity contribution in [1.29, 1.82) is 0 Å². The number of fused-ring (bicyclic) bond motifs is 2.